The minimum atomic E-state index is -5.08. The maximum absolute atomic E-state index is 10.6. The Hall–Kier alpha value is -3.39. The van der Waals surface area contributed by atoms with Crippen molar-refractivity contribution in [3.05, 3.63) is 101 Å². The van der Waals surface area contributed by atoms with Crippen molar-refractivity contribution in [3.63, 3.8) is 0 Å². The molecule has 3 aromatic carbocycles. The summed E-state index contributed by atoms with van der Waals surface area (Å²) in [6, 6.07) is 27.7. The molecule has 0 aliphatic rings. The highest BCUT2D eigenvalue weighted by Crippen LogP contribution is 2.27. The van der Waals surface area contributed by atoms with E-state index in [0.29, 0.717) is 0 Å². The van der Waals surface area contributed by atoms with Crippen LogP contribution < -0.4 is 0 Å². The molecule has 4 nitrogen and oxygen atoms in total. The molecule has 4 aromatic rings. The van der Waals surface area contributed by atoms with Gasteiger partial charge in [0, 0.05) is 22.3 Å². The number of rotatable bonds is 6. The molecule has 0 radical (unpaired) electrons. The summed E-state index contributed by atoms with van der Waals surface area (Å²) in [5, 5.41) is 7.12. The van der Waals surface area contributed by atoms with Crippen LogP contribution in [0.3, 0.4) is 0 Å². The molecule has 0 amide bonds. The summed E-state index contributed by atoms with van der Waals surface area (Å²) in [4.78, 5) is 13.7. The average Bonchev–Trinajstić information content (AvgIpc) is 3.22. The van der Waals surface area contributed by atoms with Gasteiger partial charge in [0.2, 0.25) is 0 Å². The molecule has 1 heterocycles. The van der Waals surface area contributed by atoms with E-state index < -0.39 is 12.1 Å². The van der Waals surface area contributed by atoms with Crippen molar-refractivity contribution in [2.45, 2.75) is 32.5 Å². The first-order chi connectivity index (χ1) is 16.7. The number of aromatic nitrogens is 2. The fraction of sp³-hybridized carbons (Fsp3) is 0.185. The molecule has 4 rings (SSSR count). The highest BCUT2D eigenvalue weighted by atomic mass is 79.9. The summed E-state index contributed by atoms with van der Waals surface area (Å²) < 4.78 is 35.1. The van der Waals surface area contributed by atoms with Gasteiger partial charge in [-0.05, 0) is 41.3 Å². The van der Waals surface area contributed by atoms with Gasteiger partial charge in [-0.3, -0.25) is 0 Å². The van der Waals surface area contributed by atoms with Gasteiger partial charge < -0.3 is 9.67 Å². The molecule has 1 aromatic heterocycles. The first kappa shape index (κ1) is 26.2. The number of hydrogen-bond donors (Lipinski definition) is 1. The zero-order valence-electron chi connectivity index (χ0n) is 19.0. The Morgan fingerprint density at radius 3 is 2.20 bits per heavy atom. The Kier molecular flexibility index (Phi) is 8.87. The summed E-state index contributed by atoms with van der Waals surface area (Å²) in [7, 11) is 0. The Labute approximate surface area is 210 Å². The zero-order valence-corrected chi connectivity index (χ0v) is 20.6. The molecule has 182 valence electrons. The number of hydrogen-bond acceptors (Lipinski definition) is 2. The maximum atomic E-state index is 10.6. The highest BCUT2D eigenvalue weighted by Gasteiger charge is 2.38. The molecule has 35 heavy (non-hydrogen) atoms. The van der Waals surface area contributed by atoms with Crippen molar-refractivity contribution in [1.82, 2.24) is 9.55 Å². The molecule has 0 bridgehead atoms. The lowest BCUT2D eigenvalue weighted by molar-refractivity contribution is -0.192. The fourth-order valence-electron chi connectivity index (χ4n) is 3.60. The van der Waals surface area contributed by atoms with Gasteiger partial charge in [-0.25, -0.2) is 9.78 Å². The van der Waals surface area contributed by atoms with E-state index in [2.05, 4.69) is 106 Å². The number of carboxylic acid groups (broad SMARTS) is 1. The lowest BCUT2D eigenvalue weighted by Gasteiger charge is -2.11. The van der Waals surface area contributed by atoms with E-state index in [9.17, 15) is 13.2 Å². The molecule has 0 spiro atoms. The lowest BCUT2D eigenvalue weighted by Crippen LogP contribution is -2.21. The average molecular weight is 545 g/mol. The molecule has 0 unspecified atom stereocenters. The fourth-order valence-corrected chi connectivity index (χ4v) is 4.00. The summed E-state index contributed by atoms with van der Waals surface area (Å²) in [5.41, 5.74) is 7.33. The molecule has 0 atom stereocenters. The number of carboxylic acids is 1. The standard InChI is InChI=1S/C25H23BrN2.C2HF3O2/c1-2-8-24-25(22-13-7-14-23(26)16-22)27-18-28(24)17-19-9-6-12-21(15-19)20-10-4-3-5-11-20;3-2(4,5)1(6)7/h3-7,9-16,18H,2,8,17H2,1H3;(H,6,7). The van der Waals surface area contributed by atoms with Gasteiger partial charge in [0.05, 0.1) is 12.0 Å². The molecule has 8 heteroatoms. The minimum absolute atomic E-state index is 0.830. The second kappa shape index (κ2) is 11.8. The summed E-state index contributed by atoms with van der Waals surface area (Å²) in [6.45, 7) is 3.05. The predicted octanol–water partition coefficient (Wildman–Crippen LogP) is 7.61. The van der Waals surface area contributed by atoms with E-state index in [1.807, 2.05) is 6.33 Å². The van der Waals surface area contributed by atoms with Gasteiger partial charge in [0.15, 0.2) is 0 Å². The van der Waals surface area contributed by atoms with Crippen LogP contribution in [0.1, 0.15) is 24.6 Å². The van der Waals surface area contributed by atoms with Crippen molar-refractivity contribution in [2.24, 2.45) is 0 Å². The topological polar surface area (TPSA) is 55.1 Å². The second-order valence-electron chi connectivity index (χ2n) is 7.80. The van der Waals surface area contributed by atoms with Crippen molar-refractivity contribution in [3.8, 4) is 22.4 Å². The van der Waals surface area contributed by atoms with Crippen molar-refractivity contribution in [1.29, 1.82) is 0 Å². The number of nitrogens with zero attached hydrogens (tertiary/aromatic N) is 2. The number of benzene rings is 3. The highest BCUT2D eigenvalue weighted by molar-refractivity contribution is 9.10. The van der Waals surface area contributed by atoms with Gasteiger partial charge in [0.1, 0.15) is 0 Å². The maximum Gasteiger partial charge on any atom is 0.490 e. The molecular weight excluding hydrogens is 521 g/mol. The van der Waals surface area contributed by atoms with Crippen LogP contribution in [0.5, 0.6) is 0 Å². The molecule has 0 saturated heterocycles. The second-order valence-corrected chi connectivity index (χ2v) is 8.71. The van der Waals surface area contributed by atoms with E-state index in [0.717, 1.165) is 35.1 Å². The van der Waals surface area contributed by atoms with Crippen LogP contribution in [0.4, 0.5) is 13.2 Å². The third-order valence-corrected chi connectivity index (χ3v) is 5.65. The van der Waals surface area contributed by atoms with E-state index in [1.165, 1.54) is 22.4 Å². The smallest absolute Gasteiger partial charge is 0.475 e. The van der Waals surface area contributed by atoms with Crippen molar-refractivity contribution < 1.29 is 23.1 Å². The van der Waals surface area contributed by atoms with E-state index in [4.69, 9.17) is 14.9 Å². The zero-order chi connectivity index (χ0) is 25.4. The Morgan fingerprint density at radius 2 is 1.57 bits per heavy atom. The van der Waals surface area contributed by atoms with Gasteiger partial charge >= 0.3 is 12.1 Å². The quantitative estimate of drug-likeness (QED) is 0.271. The molecule has 0 fully saturated rings. The summed E-state index contributed by atoms with van der Waals surface area (Å²) in [5.74, 6) is -2.76. The first-order valence-electron chi connectivity index (χ1n) is 10.9. The molecular formula is C27H24BrF3N2O2. The first-order valence-corrected chi connectivity index (χ1v) is 11.7. The van der Waals surface area contributed by atoms with E-state index in [-0.39, 0.29) is 0 Å². The molecule has 0 aliphatic carbocycles. The lowest BCUT2D eigenvalue weighted by atomic mass is 10.0. The van der Waals surface area contributed by atoms with Crippen molar-refractivity contribution in [2.75, 3.05) is 0 Å². The van der Waals surface area contributed by atoms with Crippen LogP contribution in [0.25, 0.3) is 22.4 Å². The van der Waals surface area contributed by atoms with E-state index >= 15 is 0 Å². The third kappa shape index (κ3) is 7.29. The third-order valence-electron chi connectivity index (χ3n) is 5.16. The number of imidazole rings is 1. The predicted molar refractivity (Wildman–Crippen MR) is 134 cm³/mol. The Bertz CT molecular complexity index is 1270. The normalized spacial score (nSPS) is 11.0. The molecule has 0 saturated carbocycles. The number of halogens is 4. The summed E-state index contributed by atoms with van der Waals surface area (Å²) in [6.07, 6.45) is -0.993. The number of carbonyl (C=O) groups is 1. The minimum Gasteiger partial charge on any atom is -0.475 e. The monoisotopic (exact) mass is 544 g/mol. The van der Waals surface area contributed by atoms with Crippen LogP contribution in [-0.2, 0) is 17.8 Å². The summed E-state index contributed by atoms with van der Waals surface area (Å²) >= 11 is 3.58. The van der Waals surface area contributed by atoms with Crippen molar-refractivity contribution >= 4 is 21.9 Å². The Morgan fingerprint density at radius 1 is 0.943 bits per heavy atom. The van der Waals surface area contributed by atoms with Crippen LogP contribution in [0.15, 0.2) is 89.7 Å². The van der Waals surface area contributed by atoms with Crippen LogP contribution in [0.2, 0.25) is 0 Å². The van der Waals surface area contributed by atoms with Gasteiger partial charge in [-0.15, -0.1) is 0 Å². The molecule has 0 aliphatic heterocycles. The molecule has 1 N–H and O–H groups in total. The number of aliphatic carboxylic acids is 1. The van der Waals surface area contributed by atoms with Crippen LogP contribution >= 0.6 is 15.9 Å². The Balaban J connectivity index is 0.000000429. The van der Waals surface area contributed by atoms with Gasteiger partial charge in [-0.1, -0.05) is 89.9 Å². The van der Waals surface area contributed by atoms with Gasteiger partial charge in [-0.2, -0.15) is 13.2 Å². The largest absolute Gasteiger partial charge is 0.490 e. The van der Waals surface area contributed by atoms with Crippen LogP contribution in [-0.4, -0.2) is 26.8 Å². The van der Waals surface area contributed by atoms with Crippen LogP contribution in [0, 0.1) is 0 Å². The van der Waals surface area contributed by atoms with Gasteiger partial charge in [0.25, 0.3) is 0 Å². The van der Waals surface area contributed by atoms with E-state index in [1.54, 1.807) is 0 Å². The SMILES string of the molecule is CCCc1c(-c2cccc(Br)c2)ncn1Cc1cccc(-c2ccccc2)c1.O=C(O)C(F)(F)F. The number of alkyl halides is 3.